The van der Waals surface area contributed by atoms with Gasteiger partial charge >= 0.3 is 0 Å². The molecular formula is C8H5F2. The molecule has 1 radical (unpaired) electrons. The van der Waals surface area contributed by atoms with E-state index < -0.39 is 11.6 Å². The van der Waals surface area contributed by atoms with E-state index in [4.69, 9.17) is 6.58 Å². The van der Waals surface area contributed by atoms with Crippen LogP contribution in [0.2, 0.25) is 0 Å². The maximum absolute atomic E-state index is 12.3. The van der Waals surface area contributed by atoms with Gasteiger partial charge in [0.15, 0.2) is 11.6 Å². The van der Waals surface area contributed by atoms with Crippen LogP contribution in [-0.2, 0) is 0 Å². The third kappa shape index (κ3) is 1.21. The molecule has 1 aromatic carbocycles. The van der Waals surface area contributed by atoms with E-state index in [2.05, 4.69) is 0 Å². The third-order valence-electron chi connectivity index (χ3n) is 1.14. The van der Waals surface area contributed by atoms with Crippen molar-refractivity contribution in [1.82, 2.24) is 0 Å². The lowest BCUT2D eigenvalue weighted by Gasteiger charge is -1.92. The lowest BCUT2D eigenvalue weighted by atomic mass is 10.2. The second kappa shape index (κ2) is 2.60. The fourth-order valence-corrected chi connectivity index (χ4v) is 0.616. The topological polar surface area (TPSA) is 0 Å². The molecule has 1 rings (SSSR count). The Balaban J connectivity index is 3.16. The van der Waals surface area contributed by atoms with E-state index in [0.29, 0.717) is 5.56 Å². The van der Waals surface area contributed by atoms with E-state index in [-0.39, 0.29) is 0 Å². The number of benzene rings is 1. The van der Waals surface area contributed by atoms with E-state index in [1.807, 2.05) is 0 Å². The van der Waals surface area contributed by atoms with Crippen LogP contribution in [0.5, 0.6) is 0 Å². The summed E-state index contributed by atoms with van der Waals surface area (Å²) in [6, 6.07) is 3.47. The SMILES string of the molecule is [CH]=Cc1ccc(F)c(F)c1. The first-order valence-corrected chi connectivity index (χ1v) is 2.74. The van der Waals surface area contributed by atoms with Gasteiger partial charge < -0.3 is 0 Å². The van der Waals surface area contributed by atoms with Crippen LogP contribution in [0, 0.1) is 18.2 Å². The molecule has 0 spiro atoms. The highest BCUT2D eigenvalue weighted by atomic mass is 19.2. The maximum atomic E-state index is 12.3. The van der Waals surface area contributed by atoms with Crippen LogP contribution in [0.1, 0.15) is 5.56 Å². The van der Waals surface area contributed by atoms with Crippen LogP contribution in [-0.4, -0.2) is 0 Å². The first-order chi connectivity index (χ1) is 4.74. The number of rotatable bonds is 1. The summed E-state index contributed by atoms with van der Waals surface area (Å²) in [5.41, 5.74) is 0.471. The second-order valence-corrected chi connectivity index (χ2v) is 1.84. The first-order valence-electron chi connectivity index (χ1n) is 2.74. The zero-order valence-corrected chi connectivity index (χ0v) is 5.14. The standard InChI is InChI=1S/C8H5F2/c1-2-6-3-4-7(9)8(10)5-6/h1-5H. The summed E-state index contributed by atoms with van der Waals surface area (Å²) in [6.07, 6.45) is 1.21. The molecule has 0 nitrogen and oxygen atoms in total. The van der Waals surface area contributed by atoms with Gasteiger partial charge in [0.2, 0.25) is 0 Å². The number of halogens is 2. The molecule has 0 bridgehead atoms. The van der Waals surface area contributed by atoms with Gasteiger partial charge in [-0.3, -0.25) is 0 Å². The molecule has 0 aliphatic carbocycles. The Morgan fingerprint density at radius 3 is 2.40 bits per heavy atom. The van der Waals surface area contributed by atoms with Crippen LogP contribution in [0.3, 0.4) is 0 Å². The fourth-order valence-electron chi connectivity index (χ4n) is 0.616. The average Bonchev–Trinajstić information content (AvgIpc) is 1.95. The van der Waals surface area contributed by atoms with Gasteiger partial charge in [-0.05, 0) is 17.7 Å². The molecule has 0 saturated carbocycles. The highest BCUT2D eigenvalue weighted by Crippen LogP contribution is 2.08. The molecular weight excluding hydrogens is 134 g/mol. The van der Waals surface area contributed by atoms with Crippen LogP contribution >= 0.6 is 0 Å². The minimum atomic E-state index is -0.876. The summed E-state index contributed by atoms with van der Waals surface area (Å²) >= 11 is 0. The van der Waals surface area contributed by atoms with Crippen molar-refractivity contribution in [3.05, 3.63) is 42.0 Å². The van der Waals surface area contributed by atoms with Crippen molar-refractivity contribution in [2.75, 3.05) is 0 Å². The van der Waals surface area contributed by atoms with Gasteiger partial charge in [0.1, 0.15) is 0 Å². The summed E-state index contributed by atoms with van der Waals surface area (Å²) in [6.45, 7) is 5.05. The van der Waals surface area contributed by atoms with Crippen molar-refractivity contribution in [1.29, 1.82) is 0 Å². The number of hydrogen-bond donors (Lipinski definition) is 0. The zero-order chi connectivity index (χ0) is 7.56. The van der Waals surface area contributed by atoms with Crippen LogP contribution in [0.25, 0.3) is 6.08 Å². The van der Waals surface area contributed by atoms with E-state index in [1.54, 1.807) is 0 Å². The Hall–Kier alpha value is -1.18. The largest absolute Gasteiger partial charge is 0.204 e. The van der Waals surface area contributed by atoms with Gasteiger partial charge in [0.05, 0.1) is 0 Å². The Bertz CT molecular complexity index is 253. The van der Waals surface area contributed by atoms with E-state index >= 15 is 0 Å². The minimum Gasteiger partial charge on any atom is -0.204 e. The summed E-state index contributed by atoms with van der Waals surface area (Å²) < 4.78 is 24.5. The molecule has 2 heteroatoms. The fraction of sp³-hybridized carbons (Fsp3) is 0. The van der Waals surface area contributed by atoms with Crippen molar-refractivity contribution < 1.29 is 8.78 Å². The Morgan fingerprint density at radius 1 is 1.20 bits per heavy atom. The smallest absolute Gasteiger partial charge is 0.159 e. The van der Waals surface area contributed by atoms with Crippen molar-refractivity contribution in [3.8, 4) is 0 Å². The molecule has 51 valence electrons. The van der Waals surface area contributed by atoms with Crippen molar-refractivity contribution in [2.45, 2.75) is 0 Å². The summed E-state index contributed by atoms with van der Waals surface area (Å²) in [5, 5.41) is 0. The van der Waals surface area contributed by atoms with E-state index in [9.17, 15) is 8.78 Å². The summed E-state index contributed by atoms with van der Waals surface area (Å²) in [4.78, 5) is 0. The van der Waals surface area contributed by atoms with Gasteiger partial charge in [0.25, 0.3) is 0 Å². The van der Waals surface area contributed by atoms with Crippen molar-refractivity contribution in [2.24, 2.45) is 0 Å². The highest BCUT2D eigenvalue weighted by molar-refractivity contribution is 5.45. The molecule has 0 fully saturated rings. The number of hydrogen-bond acceptors (Lipinski definition) is 0. The molecule has 0 aromatic heterocycles. The van der Waals surface area contributed by atoms with Gasteiger partial charge in [-0.25, -0.2) is 8.78 Å². The van der Waals surface area contributed by atoms with Crippen molar-refractivity contribution in [3.63, 3.8) is 0 Å². The molecule has 0 saturated heterocycles. The predicted molar refractivity (Wildman–Crippen MR) is 35.1 cm³/mol. The maximum Gasteiger partial charge on any atom is 0.159 e. The Morgan fingerprint density at radius 2 is 1.90 bits per heavy atom. The third-order valence-corrected chi connectivity index (χ3v) is 1.14. The average molecular weight is 139 g/mol. The summed E-state index contributed by atoms with van der Waals surface area (Å²) in [7, 11) is 0. The Kier molecular flexibility index (Phi) is 1.81. The Labute approximate surface area is 57.8 Å². The second-order valence-electron chi connectivity index (χ2n) is 1.84. The zero-order valence-electron chi connectivity index (χ0n) is 5.14. The van der Waals surface area contributed by atoms with Crippen LogP contribution < -0.4 is 0 Å². The van der Waals surface area contributed by atoms with Crippen LogP contribution in [0.4, 0.5) is 8.78 Å². The molecule has 0 unspecified atom stereocenters. The van der Waals surface area contributed by atoms with Gasteiger partial charge in [-0.2, -0.15) is 0 Å². The summed E-state index contributed by atoms with van der Waals surface area (Å²) in [5.74, 6) is -1.73. The molecule has 0 aliphatic heterocycles. The molecule has 0 amide bonds. The predicted octanol–water partition coefficient (Wildman–Crippen LogP) is 2.41. The normalized spacial score (nSPS) is 9.40. The molecule has 0 N–H and O–H groups in total. The quantitative estimate of drug-likeness (QED) is 0.560. The first kappa shape index (κ1) is 6.93. The monoisotopic (exact) mass is 139 g/mol. The van der Waals surface area contributed by atoms with Crippen molar-refractivity contribution >= 4 is 6.08 Å². The minimum absolute atomic E-state index is 0.471. The van der Waals surface area contributed by atoms with E-state index in [0.717, 1.165) is 12.1 Å². The molecule has 0 aliphatic rings. The molecule has 0 heterocycles. The lowest BCUT2D eigenvalue weighted by Crippen LogP contribution is -1.82. The molecule has 0 atom stereocenters. The highest BCUT2D eigenvalue weighted by Gasteiger charge is 1.98. The molecule has 10 heavy (non-hydrogen) atoms. The van der Waals surface area contributed by atoms with Gasteiger partial charge in [-0.15, -0.1) is 0 Å². The van der Waals surface area contributed by atoms with Gasteiger partial charge in [0, 0.05) is 0 Å². The van der Waals surface area contributed by atoms with Crippen LogP contribution in [0.15, 0.2) is 18.2 Å². The molecule has 1 aromatic rings. The lowest BCUT2D eigenvalue weighted by molar-refractivity contribution is 0.508. The van der Waals surface area contributed by atoms with E-state index in [1.165, 1.54) is 12.1 Å². The van der Waals surface area contributed by atoms with Gasteiger partial charge in [-0.1, -0.05) is 18.7 Å².